The highest BCUT2D eigenvalue weighted by molar-refractivity contribution is 5.98. The molecule has 1 N–H and O–H groups in total. The number of ether oxygens (including phenoxy) is 1. The minimum atomic E-state index is -1.36. The Bertz CT molecular complexity index is 726. The SMILES string of the molecule is CC1(C)CC(=O)C2=C(C1)OC(C)(O)C[C@@H]2c1ccc([N+](=O)[O-])cc1. The Hall–Kier alpha value is -2.21. The Morgan fingerprint density at radius 1 is 1.21 bits per heavy atom. The third-order valence-corrected chi connectivity index (χ3v) is 4.66. The highest BCUT2D eigenvalue weighted by atomic mass is 16.6. The minimum absolute atomic E-state index is 0.00266. The van der Waals surface area contributed by atoms with Gasteiger partial charge in [-0.1, -0.05) is 26.0 Å². The van der Waals surface area contributed by atoms with E-state index in [1.54, 1.807) is 19.1 Å². The number of carbonyl (C=O) groups is 1. The van der Waals surface area contributed by atoms with Crippen molar-refractivity contribution in [2.24, 2.45) is 5.41 Å². The first-order valence-corrected chi connectivity index (χ1v) is 8.00. The molecule has 0 radical (unpaired) electrons. The van der Waals surface area contributed by atoms with E-state index < -0.39 is 10.7 Å². The number of nitro groups is 1. The van der Waals surface area contributed by atoms with Crippen molar-refractivity contribution < 1.29 is 19.6 Å². The zero-order chi connectivity index (χ0) is 17.7. The Balaban J connectivity index is 2.05. The number of benzene rings is 1. The molecular formula is C18H21NO5. The van der Waals surface area contributed by atoms with Gasteiger partial charge in [0, 0.05) is 49.8 Å². The van der Waals surface area contributed by atoms with Crippen LogP contribution in [0.3, 0.4) is 0 Å². The molecule has 24 heavy (non-hydrogen) atoms. The first-order valence-electron chi connectivity index (χ1n) is 8.00. The molecule has 3 rings (SSSR count). The number of non-ortho nitro benzene ring substituents is 1. The number of rotatable bonds is 2. The van der Waals surface area contributed by atoms with Crippen LogP contribution in [0.5, 0.6) is 0 Å². The largest absolute Gasteiger partial charge is 0.467 e. The zero-order valence-electron chi connectivity index (χ0n) is 14.0. The van der Waals surface area contributed by atoms with Crippen molar-refractivity contribution in [3.05, 3.63) is 51.3 Å². The van der Waals surface area contributed by atoms with Crippen LogP contribution in [0.4, 0.5) is 5.69 Å². The van der Waals surface area contributed by atoms with E-state index in [1.165, 1.54) is 12.1 Å². The summed E-state index contributed by atoms with van der Waals surface area (Å²) in [4.78, 5) is 23.1. The van der Waals surface area contributed by atoms with E-state index in [4.69, 9.17) is 4.74 Å². The van der Waals surface area contributed by atoms with Gasteiger partial charge in [0.25, 0.3) is 5.69 Å². The summed E-state index contributed by atoms with van der Waals surface area (Å²) >= 11 is 0. The summed E-state index contributed by atoms with van der Waals surface area (Å²) in [5.41, 5.74) is 1.19. The van der Waals surface area contributed by atoms with Gasteiger partial charge in [0.1, 0.15) is 5.76 Å². The van der Waals surface area contributed by atoms with Crippen LogP contribution in [0, 0.1) is 15.5 Å². The lowest BCUT2D eigenvalue weighted by Gasteiger charge is -2.43. The van der Waals surface area contributed by atoms with Crippen LogP contribution in [0.1, 0.15) is 51.5 Å². The number of hydrogen-bond donors (Lipinski definition) is 1. The molecule has 0 saturated carbocycles. The number of hydrogen-bond acceptors (Lipinski definition) is 5. The summed E-state index contributed by atoms with van der Waals surface area (Å²) in [6, 6.07) is 6.16. The predicted octanol–water partition coefficient (Wildman–Crippen LogP) is 3.45. The average molecular weight is 331 g/mol. The number of ketones is 1. The quantitative estimate of drug-likeness (QED) is 0.662. The summed E-state index contributed by atoms with van der Waals surface area (Å²) < 4.78 is 5.70. The highest BCUT2D eigenvalue weighted by Gasteiger charge is 2.45. The van der Waals surface area contributed by atoms with E-state index >= 15 is 0 Å². The van der Waals surface area contributed by atoms with Crippen molar-refractivity contribution in [3.8, 4) is 0 Å². The normalized spacial score (nSPS) is 29.0. The number of allylic oxidation sites excluding steroid dienone is 2. The monoisotopic (exact) mass is 331 g/mol. The van der Waals surface area contributed by atoms with Crippen LogP contribution < -0.4 is 0 Å². The number of Topliss-reactive ketones (excluding diaryl/α,β-unsaturated/α-hetero) is 1. The van der Waals surface area contributed by atoms with Crippen molar-refractivity contribution in [1.82, 2.24) is 0 Å². The second kappa shape index (κ2) is 5.41. The van der Waals surface area contributed by atoms with Gasteiger partial charge in [-0.15, -0.1) is 0 Å². The van der Waals surface area contributed by atoms with Crippen molar-refractivity contribution in [1.29, 1.82) is 0 Å². The molecule has 0 aromatic heterocycles. The molecule has 6 nitrogen and oxygen atoms in total. The van der Waals surface area contributed by atoms with Gasteiger partial charge in [0.2, 0.25) is 5.79 Å². The van der Waals surface area contributed by atoms with E-state index in [-0.39, 0.29) is 29.2 Å². The Labute approximate surface area is 140 Å². The van der Waals surface area contributed by atoms with Crippen molar-refractivity contribution in [3.63, 3.8) is 0 Å². The van der Waals surface area contributed by atoms with Crippen molar-refractivity contribution in [2.75, 3.05) is 0 Å². The lowest BCUT2D eigenvalue weighted by molar-refractivity contribution is -0.384. The van der Waals surface area contributed by atoms with Gasteiger partial charge < -0.3 is 9.84 Å². The van der Waals surface area contributed by atoms with Crippen LogP contribution >= 0.6 is 0 Å². The van der Waals surface area contributed by atoms with Gasteiger partial charge in [0.15, 0.2) is 5.78 Å². The van der Waals surface area contributed by atoms with Crippen molar-refractivity contribution in [2.45, 2.75) is 51.7 Å². The number of nitrogens with zero attached hydrogens (tertiary/aromatic N) is 1. The van der Waals surface area contributed by atoms with E-state index in [9.17, 15) is 20.0 Å². The molecule has 1 aliphatic carbocycles. The molecule has 0 spiro atoms. The zero-order valence-corrected chi connectivity index (χ0v) is 14.0. The summed E-state index contributed by atoms with van der Waals surface area (Å²) in [5, 5.41) is 21.3. The Morgan fingerprint density at radius 2 is 1.83 bits per heavy atom. The Kier molecular flexibility index (Phi) is 3.75. The average Bonchev–Trinajstić information content (AvgIpc) is 2.43. The minimum Gasteiger partial charge on any atom is -0.467 e. The lowest BCUT2D eigenvalue weighted by Crippen LogP contribution is -2.41. The lowest BCUT2D eigenvalue weighted by atomic mass is 9.70. The molecule has 1 aliphatic heterocycles. The first kappa shape index (κ1) is 16.6. The van der Waals surface area contributed by atoms with Gasteiger partial charge >= 0.3 is 0 Å². The van der Waals surface area contributed by atoms with Crippen LogP contribution in [0.25, 0.3) is 0 Å². The van der Waals surface area contributed by atoms with Crippen LogP contribution in [0.15, 0.2) is 35.6 Å². The fourth-order valence-corrected chi connectivity index (χ4v) is 3.66. The summed E-state index contributed by atoms with van der Waals surface area (Å²) in [6.07, 6.45) is 1.27. The van der Waals surface area contributed by atoms with Crippen LogP contribution in [-0.2, 0) is 9.53 Å². The van der Waals surface area contributed by atoms with E-state index in [0.29, 0.717) is 24.2 Å². The molecule has 128 valence electrons. The molecular weight excluding hydrogens is 310 g/mol. The fourth-order valence-electron chi connectivity index (χ4n) is 3.66. The van der Waals surface area contributed by atoms with E-state index in [2.05, 4.69) is 0 Å². The third kappa shape index (κ3) is 3.06. The van der Waals surface area contributed by atoms with Gasteiger partial charge in [-0.25, -0.2) is 0 Å². The summed E-state index contributed by atoms with van der Waals surface area (Å²) in [7, 11) is 0. The fraction of sp³-hybridized carbons (Fsp3) is 0.500. The number of nitro benzene ring substituents is 1. The first-order chi connectivity index (χ1) is 11.1. The summed E-state index contributed by atoms with van der Waals surface area (Å²) in [6.45, 7) is 5.59. The molecule has 1 aromatic carbocycles. The van der Waals surface area contributed by atoms with Crippen LogP contribution in [0.2, 0.25) is 0 Å². The molecule has 2 atom stereocenters. The second-order valence-electron chi connectivity index (χ2n) is 7.66. The maximum atomic E-state index is 12.7. The van der Waals surface area contributed by atoms with E-state index in [0.717, 1.165) is 5.56 Å². The molecule has 1 heterocycles. The molecule has 1 unspecified atom stereocenters. The summed E-state index contributed by atoms with van der Waals surface area (Å²) in [5.74, 6) is -1.09. The van der Waals surface area contributed by atoms with Gasteiger partial charge in [-0.2, -0.15) is 0 Å². The van der Waals surface area contributed by atoms with Gasteiger partial charge in [0.05, 0.1) is 4.92 Å². The van der Waals surface area contributed by atoms with Gasteiger partial charge in [-0.3, -0.25) is 14.9 Å². The molecule has 1 aromatic rings. The van der Waals surface area contributed by atoms with Crippen molar-refractivity contribution >= 4 is 11.5 Å². The Morgan fingerprint density at radius 3 is 2.42 bits per heavy atom. The molecule has 0 amide bonds. The molecule has 2 aliphatic rings. The third-order valence-electron chi connectivity index (χ3n) is 4.66. The van der Waals surface area contributed by atoms with E-state index in [1.807, 2.05) is 13.8 Å². The maximum Gasteiger partial charge on any atom is 0.269 e. The maximum absolute atomic E-state index is 12.7. The number of carbonyl (C=O) groups excluding carboxylic acids is 1. The molecule has 0 bridgehead atoms. The second-order valence-corrected chi connectivity index (χ2v) is 7.66. The van der Waals surface area contributed by atoms with Crippen LogP contribution in [-0.4, -0.2) is 21.6 Å². The standard InChI is InChI=1S/C18H21NO5/c1-17(2)9-14(20)16-13(8-18(3,21)24-15(16)10-17)11-4-6-12(7-5-11)19(22)23/h4-7,13,21H,8-10H2,1-3H3/t13-,18?/m1/s1. The van der Waals surface area contributed by atoms with Gasteiger partial charge in [-0.05, 0) is 11.0 Å². The topological polar surface area (TPSA) is 89.7 Å². The molecule has 0 saturated heterocycles. The molecule has 0 fully saturated rings. The number of aliphatic hydroxyl groups is 1. The molecule has 6 heteroatoms. The predicted molar refractivity (Wildman–Crippen MR) is 87.2 cm³/mol. The smallest absolute Gasteiger partial charge is 0.269 e. The highest BCUT2D eigenvalue weighted by Crippen LogP contribution is 2.49.